The Morgan fingerprint density at radius 3 is 2.47 bits per heavy atom. The number of nitrogens with zero attached hydrogens (tertiary/aromatic N) is 4. The molecule has 2 N–H and O–H groups in total. The molecule has 0 aliphatic rings. The van der Waals surface area contributed by atoms with E-state index in [2.05, 4.69) is 10.2 Å². The third-order valence-electron chi connectivity index (χ3n) is 2.63. The molecule has 0 radical (unpaired) electrons. The number of hydrogen-bond acceptors (Lipinski definition) is 3. The van der Waals surface area contributed by atoms with Gasteiger partial charge in [0.1, 0.15) is 10.0 Å². The molecule has 0 aliphatic carbocycles. The first-order chi connectivity index (χ1) is 7.91. The molecule has 2 heterocycles. The van der Waals surface area contributed by atoms with Gasteiger partial charge in [0.2, 0.25) is 0 Å². The van der Waals surface area contributed by atoms with E-state index in [0.29, 0.717) is 15.8 Å². The van der Waals surface area contributed by atoms with E-state index in [1.54, 1.807) is 15.6 Å². The highest BCUT2D eigenvalue weighted by Crippen LogP contribution is 2.23. The maximum Gasteiger partial charge on any atom is 0.194 e. The summed E-state index contributed by atoms with van der Waals surface area (Å²) in [6, 6.07) is 0. The van der Waals surface area contributed by atoms with E-state index in [1.807, 2.05) is 20.9 Å². The van der Waals surface area contributed by atoms with Crippen LogP contribution in [-0.4, -0.2) is 24.5 Å². The Balaban J connectivity index is 2.57. The summed E-state index contributed by atoms with van der Waals surface area (Å²) in [5, 5.41) is 9.17. The normalized spacial score (nSPS) is 10.8. The second kappa shape index (κ2) is 4.12. The predicted octanol–water partition coefficient (Wildman–Crippen LogP) is 1.51. The molecule has 0 aromatic carbocycles. The fourth-order valence-electron chi connectivity index (χ4n) is 1.52. The number of thiocarbonyl (C=S) groups is 1. The molecule has 2 rings (SSSR count). The average Bonchev–Trinajstić information content (AvgIpc) is 2.75. The van der Waals surface area contributed by atoms with Crippen molar-refractivity contribution in [2.75, 3.05) is 0 Å². The van der Waals surface area contributed by atoms with Crippen molar-refractivity contribution in [3.8, 4) is 5.82 Å². The molecule has 0 aliphatic heterocycles. The van der Waals surface area contributed by atoms with Gasteiger partial charge in [0.15, 0.2) is 5.82 Å². The van der Waals surface area contributed by atoms with Crippen LogP contribution in [0.1, 0.15) is 17.0 Å². The number of rotatable bonds is 2. The van der Waals surface area contributed by atoms with Crippen LogP contribution in [-0.2, 0) is 7.05 Å². The van der Waals surface area contributed by atoms with Crippen molar-refractivity contribution in [2.45, 2.75) is 13.8 Å². The summed E-state index contributed by atoms with van der Waals surface area (Å²) in [5.41, 5.74) is 7.98. The van der Waals surface area contributed by atoms with Crippen molar-refractivity contribution in [3.63, 3.8) is 0 Å². The number of hydrogen-bond donors (Lipinski definition) is 1. The molecule has 0 atom stereocenters. The maximum atomic E-state index is 6.18. The maximum absolute atomic E-state index is 6.18. The zero-order chi connectivity index (χ0) is 12.7. The summed E-state index contributed by atoms with van der Waals surface area (Å²) in [6.45, 7) is 3.73. The minimum atomic E-state index is 0.317. The van der Waals surface area contributed by atoms with E-state index in [0.717, 1.165) is 17.0 Å². The predicted molar refractivity (Wildman–Crippen MR) is 70.7 cm³/mol. The summed E-state index contributed by atoms with van der Waals surface area (Å²) in [4.78, 5) is 0.317. The zero-order valence-electron chi connectivity index (χ0n) is 9.73. The minimum Gasteiger partial charge on any atom is -0.389 e. The van der Waals surface area contributed by atoms with E-state index >= 15 is 0 Å². The molecule has 17 heavy (non-hydrogen) atoms. The Morgan fingerprint density at radius 2 is 2.06 bits per heavy atom. The third kappa shape index (κ3) is 1.94. The average molecular weight is 270 g/mol. The van der Waals surface area contributed by atoms with Gasteiger partial charge in [-0.3, -0.25) is 4.68 Å². The summed E-state index contributed by atoms with van der Waals surface area (Å²) in [5.74, 6) is 0.581. The topological polar surface area (TPSA) is 61.7 Å². The summed E-state index contributed by atoms with van der Waals surface area (Å²) < 4.78 is 3.30. The first-order valence-electron chi connectivity index (χ1n) is 4.97. The van der Waals surface area contributed by atoms with E-state index in [9.17, 15) is 0 Å². The van der Waals surface area contributed by atoms with E-state index < -0.39 is 0 Å². The molecule has 0 saturated heterocycles. The number of halogens is 1. The van der Waals surface area contributed by atoms with Gasteiger partial charge in [-0.05, 0) is 13.8 Å². The summed E-state index contributed by atoms with van der Waals surface area (Å²) in [6.07, 6.45) is 1.74. The number of aryl methyl sites for hydroxylation is 2. The number of aromatic nitrogens is 4. The third-order valence-corrected chi connectivity index (χ3v) is 3.29. The van der Waals surface area contributed by atoms with Crippen molar-refractivity contribution >= 4 is 28.8 Å². The van der Waals surface area contributed by atoms with Crippen molar-refractivity contribution in [2.24, 2.45) is 12.8 Å². The van der Waals surface area contributed by atoms with Crippen molar-refractivity contribution in [1.29, 1.82) is 0 Å². The summed E-state index contributed by atoms with van der Waals surface area (Å²) >= 11 is 11.1. The van der Waals surface area contributed by atoms with Gasteiger partial charge in [0.05, 0.1) is 17.0 Å². The molecule has 90 valence electrons. The lowest BCUT2D eigenvalue weighted by Gasteiger charge is -1.95. The van der Waals surface area contributed by atoms with Gasteiger partial charge in [0, 0.05) is 13.2 Å². The molecule has 7 heteroatoms. The minimum absolute atomic E-state index is 0.317. The first kappa shape index (κ1) is 12.1. The molecule has 2 aromatic heterocycles. The van der Waals surface area contributed by atoms with Crippen LogP contribution in [0.4, 0.5) is 0 Å². The van der Waals surface area contributed by atoms with Crippen molar-refractivity contribution < 1.29 is 0 Å². The molecular formula is C10H12ClN5S. The molecule has 0 bridgehead atoms. The largest absolute Gasteiger partial charge is 0.389 e. The van der Waals surface area contributed by atoms with Crippen LogP contribution in [0.5, 0.6) is 0 Å². The van der Waals surface area contributed by atoms with Gasteiger partial charge in [-0.1, -0.05) is 23.8 Å². The van der Waals surface area contributed by atoms with Crippen LogP contribution in [0, 0.1) is 13.8 Å². The lowest BCUT2D eigenvalue weighted by molar-refractivity contribution is 0.712. The fourth-order valence-corrected chi connectivity index (χ4v) is 1.97. The Hall–Kier alpha value is -1.40. The zero-order valence-corrected chi connectivity index (χ0v) is 11.3. The Kier molecular flexibility index (Phi) is 2.92. The van der Waals surface area contributed by atoms with Gasteiger partial charge < -0.3 is 5.73 Å². The van der Waals surface area contributed by atoms with Gasteiger partial charge in [-0.15, -0.1) is 0 Å². The van der Waals surface area contributed by atoms with Crippen LogP contribution in [0.15, 0.2) is 6.20 Å². The van der Waals surface area contributed by atoms with Gasteiger partial charge in [0.25, 0.3) is 0 Å². The van der Waals surface area contributed by atoms with Crippen LogP contribution in [0.2, 0.25) is 5.02 Å². The second-order valence-corrected chi connectivity index (χ2v) is 4.60. The van der Waals surface area contributed by atoms with E-state index in [-0.39, 0.29) is 0 Å². The highest BCUT2D eigenvalue weighted by molar-refractivity contribution is 7.80. The second-order valence-electron chi connectivity index (χ2n) is 3.78. The Bertz CT molecular complexity index is 598. The lowest BCUT2D eigenvalue weighted by Crippen LogP contribution is -2.09. The van der Waals surface area contributed by atoms with Crippen LogP contribution in [0.3, 0.4) is 0 Å². The first-order valence-corrected chi connectivity index (χ1v) is 5.76. The monoisotopic (exact) mass is 269 g/mol. The van der Waals surface area contributed by atoms with E-state index in [4.69, 9.17) is 29.6 Å². The van der Waals surface area contributed by atoms with Crippen LogP contribution >= 0.6 is 23.8 Å². The summed E-state index contributed by atoms with van der Waals surface area (Å²) in [7, 11) is 1.83. The molecule has 0 amide bonds. The SMILES string of the molecule is Cc1nn(-c2nn(C)c(C)c2Cl)cc1C(N)=S. The van der Waals surface area contributed by atoms with Gasteiger partial charge in [-0.2, -0.15) is 10.2 Å². The Morgan fingerprint density at radius 1 is 1.41 bits per heavy atom. The van der Waals surface area contributed by atoms with Crippen molar-refractivity contribution in [3.05, 3.63) is 28.2 Å². The molecule has 0 saturated carbocycles. The fraction of sp³-hybridized carbons (Fsp3) is 0.300. The molecule has 0 fully saturated rings. The van der Waals surface area contributed by atoms with Gasteiger partial charge in [-0.25, -0.2) is 4.68 Å². The van der Waals surface area contributed by atoms with Crippen molar-refractivity contribution in [1.82, 2.24) is 19.6 Å². The quantitative estimate of drug-likeness (QED) is 0.840. The van der Waals surface area contributed by atoms with Crippen LogP contribution in [0.25, 0.3) is 5.82 Å². The van der Waals surface area contributed by atoms with Crippen LogP contribution < -0.4 is 5.73 Å². The highest BCUT2D eigenvalue weighted by atomic mass is 35.5. The Labute approximate surface area is 109 Å². The molecule has 5 nitrogen and oxygen atoms in total. The number of nitrogens with two attached hydrogens (primary N) is 1. The standard InChI is InChI=1S/C10H12ClN5S/c1-5-7(9(12)17)4-16(13-5)10-8(11)6(2)15(3)14-10/h4H,1-3H3,(H2,12,17). The molecular weight excluding hydrogens is 258 g/mol. The molecule has 2 aromatic rings. The molecule has 0 unspecified atom stereocenters. The smallest absolute Gasteiger partial charge is 0.194 e. The molecule has 0 spiro atoms. The van der Waals surface area contributed by atoms with Gasteiger partial charge >= 0.3 is 0 Å². The lowest BCUT2D eigenvalue weighted by atomic mass is 10.3. The highest BCUT2D eigenvalue weighted by Gasteiger charge is 2.15. The van der Waals surface area contributed by atoms with E-state index in [1.165, 1.54) is 0 Å².